The maximum atomic E-state index is 13.2. The molecule has 2 N–H and O–H groups in total. The molecule has 0 saturated heterocycles. The number of sulfonamides is 1. The second-order valence-corrected chi connectivity index (χ2v) is 6.01. The van der Waals surface area contributed by atoms with Crippen LogP contribution in [0.1, 0.15) is 18.9 Å². The van der Waals surface area contributed by atoms with Gasteiger partial charge in [-0.15, -0.1) is 0 Å². The largest absolute Gasteiger partial charge is 0.329 e. The van der Waals surface area contributed by atoms with Crippen molar-refractivity contribution in [3.63, 3.8) is 0 Å². The molecule has 0 bridgehead atoms. The number of benzene rings is 1. The number of rotatable bonds is 6. The van der Waals surface area contributed by atoms with Crippen LogP contribution in [0.25, 0.3) is 0 Å². The first kappa shape index (κ1) is 15.1. The van der Waals surface area contributed by atoms with Crippen LogP contribution < -0.4 is 5.73 Å². The molecule has 0 aliphatic rings. The Morgan fingerprint density at radius 2 is 2.00 bits per heavy atom. The summed E-state index contributed by atoms with van der Waals surface area (Å²) in [5.41, 5.74) is 5.96. The zero-order valence-corrected chi connectivity index (χ0v) is 11.5. The molecule has 0 saturated carbocycles. The van der Waals surface area contributed by atoms with Crippen molar-refractivity contribution in [2.75, 3.05) is 19.6 Å². The molecule has 0 heterocycles. The lowest BCUT2D eigenvalue weighted by Crippen LogP contribution is -2.36. The highest BCUT2D eigenvalue weighted by atomic mass is 32.2. The zero-order valence-electron chi connectivity index (χ0n) is 10.7. The normalized spacial score (nSPS) is 12.1. The Kier molecular flexibility index (Phi) is 5.25. The molecule has 102 valence electrons. The number of nitrogens with two attached hydrogens (primary N) is 1. The molecular weight excluding hydrogens is 255 g/mol. The second-order valence-electron chi connectivity index (χ2n) is 4.10. The van der Waals surface area contributed by atoms with Crippen molar-refractivity contribution in [1.29, 1.82) is 0 Å². The third-order valence-corrected chi connectivity index (χ3v) is 4.66. The fourth-order valence-corrected chi connectivity index (χ4v) is 3.52. The molecule has 18 heavy (non-hydrogen) atoms. The number of hydrogen-bond acceptors (Lipinski definition) is 3. The smallest absolute Gasteiger partial charge is 0.243 e. The van der Waals surface area contributed by atoms with Crippen molar-refractivity contribution in [3.05, 3.63) is 29.6 Å². The van der Waals surface area contributed by atoms with Crippen LogP contribution in [-0.2, 0) is 10.0 Å². The molecule has 1 aromatic rings. The molecule has 1 rings (SSSR count). The van der Waals surface area contributed by atoms with Crippen LogP contribution in [0.5, 0.6) is 0 Å². The summed E-state index contributed by atoms with van der Waals surface area (Å²) in [5.74, 6) is -0.552. The van der Waals surface area contributed by atoms with Gasteiger partial charge in [-0.1, -0.05) is 13.0 Å². The van der Waals surface area contributed by atoms with Gasteiger partial charge in [0.2, 0.25) is 10.0 Å². The monoisotopic (exact) mass is 274 g/mol. The molecule has 1 aromatic carbocycles. The highest BCUT2D eigenvalue weighted by Crippen LogP contribution is 2.20. The lowest BCUT2D eigenvalue weighted by Gasteiger charge is -2.21. The molecule has 0 aromatic heterocycles. The van der Waals surface area contributed by atoms with E-state index < -0.39 is 15.8 Å². The molecule has 0 fully saturated rings. The highest BCUT2D eigenvalue weighted by molar-refractivity contribution is 7.89. The lowest BCUT2D eigenvalue weighted by atomic mass is 10.2. The third-order valence-electron chi connectivity index (χ3n) is 2.62. The van der Waals surface area contributed by atoms with Crippen LogP contribution in [0.15, 0.2) is 23.1 Å². The van der Waals surface area contributed by atoms with Gasteiger partial charge in [-0.25, -0.2) is 12.8 Å². The topological polar surface area (TPSA) is 63.4 Å². The van der Waals surface area contributed by atoms with E-state index in [1.165, 1.54) is 16.4 Å². The van der Waals surface area contributed by atoms with Gasteiger partial charge < -0.3 is 5.73 Å². The van der Waals surface area contributed by atoms with Crippen molar-refractivity contribution in [2.24, 2.45) is 5.73 Å². The van der Waals surface area contributed by atoms with Gasteiger partial charge in [0.05, 0.1) is 4.90 Å². The van der Waals surface area contributed by atoms with E-state index in [1.54, 1.807) is 6.92 Å². The van der Waals surface area contributed by atoms with E-state index in [0.717, 1.165) is 6.07 Å². The van der Waals surface area contributed by atoms with E-state index >= 15 is 0 Å². The van der Waals surface area contributed by atoms with Crippen LogP contribution in [0.3, 0.4) is 0 Å². The van der Waals surface area contributed by atoms with Crippen LogP contribution in [0.4, 0.5) is 4.39 Å². The lowest BCUT2D eigenvalue weighted by molar-refractivity contribution is 0.417. The van der Waals surface area contributed by atoms with Crippen molar-refractivity contribution < 1.29 is 12.8 Å². The Morgan fingerprint density at radius 1 is 1.33 bits per heavy atom. The van der Waals surface area contributed by atoms with Gasteiger partial charge in [0, 0.05) is 19.6 Å². The molecular formula is C12H19FN2O2S. The average Bonchev–Trinajstić information content (AvgIpc) is 2.32. The Hall–Kier alpha value is -0.980. The molecule has 0 spiro atoms. The zero-order chi connectivity index (χ0) is 13.8. The molecule has 0 aliphatic carbocycles. The third kappa shape index (κ3) is 3.28. The molecule has 0 unspecified atom stereocenters. The predicted molar refractivity (Wildman–Crippen MR) is 69.2 cm³/mol. The van der Waals surface area contributed by atoms with Crippen LogP contribution >= 0.6 is 0 Å². The van der Waals surface area contributed by atoms with Gasteiger partial charge in [0.25, 0.3) is 0 Å². The predicted octanol–water partition coefficient (Wildman–Crippen LogP) is 1.49. The summed E-state index contributed by atoms with van der Waals surface area (Å²) in [4.78, 5) is 0.0180. The summed E-state index contributed by atoms with van der Waals surface area (Å²) >= 11 is 0. The Labute approximate surface area is 108 Å². The first-order chi connectivity index (χ1) is 8.43. The molecule has 6 heteroatoms. The summed E-state index contributed by atoms with van der Waals surface area (Å²) in [5, 5.41) is 0. The van der Waals surface area contributed by atoms with Crippen molar-refractivity contribution in [1.82, 2.24) is 4.31 Å². The van der Waals surface area contributed by atoms with E-state index in [2.05, 4.69) is 0 Å². The van der Waals surface area contributed by atoms with Gasteiger partial charge in [-0.3, -0.25) is 0 Å². The maximum absolute atomic E-state index is 13.2. The summed E-state index contributed by atoms with van der Waals surface area (Å²) < 4.78 is 39.3. The van der Waals surface area contributed by atoms with Gasteiger partial charge in [0.15, 0.2) is 0 Å². The number of aryl methyl sites for hydroxylation is 1. The molecule has 4 nitrogen and oxygen atoms in total. The summed E-state index contributed by atoms with van der Waals surface area (Å²) in [6.45, 7) is 4.41. The molecule has 0 radical (unpaired) electrons. The minimum atomic E-state index is -3.67. The minimum Gasteiger partial charge on any atom is -0.329 e. The average molecular weight is 274 g/mol. The van der Waals surface area contributed by atoms with E-state index in [-0.39, 0.29) is 18.0 Å². The number of nitrogens with zero attached hydrogens (tertiary/aromatic N) is 1. The van der Waals surface area contributed by atoms with Crippen molar-refractivity contribution in [2.45, 2.75) is 25.2 Å². The van der Waals surface area contributed by atoms with Gasteiger partial charge >= 0.3 is 0 Å². The minimum absolute atomic E-state index is 0.0180. The van der Waals surface area contributed by atoms with Gasteiger partial charge in [-0.2, -0.15) is 4.31 Å². The first-order valence-electron chi connectivity index (χ1n) is 5.89. The first-order valence-corrected chi connectivity index (χ1v) is 7.33. The van der Waals surface area contributed by atoms with Gasteiger partial charge in [0.1, 0.15) is 5.82 Å². The van der Waals surface area contributed by atoms with E-state index in [4.69, 9.17) is 5.73 Å². The van der Waals surface area contributed by atoms with Crippen molar-refractivity contribution in [3.8, 4) is 0 Å². The Balaban J connectivity index is 3.21. The summed E-state index contributed by atoms with van der Waals surface area (Å²) in [6.07, 6.45) is 0.688. The fourth-order valence-electron chi connectivity index (χ4n) is 1.74. The summed E-state index contributed by atoms with van der Waals surface area (Å²) in [7, 11) is -3.67. The van der Waals surface area contributed by atoms with Crippen LogP contribution in [0, 0.1) is 12.7 Å². The molecule has 0 aliphatic heterocycles. The SMILES string of the molecule is CCCN(CCN)S(=O)(=O)c1cc(F)ccc1C. The van der Waals surface area contributed by atoms with Crippen molar-refractivity contribution >= 4 is 10.0 Å². The second kappa shape index (κ2) is 6.26. The molecule has 0 amide bonds. The van der Waals surface area contributed by atoms with Crippen LogP contribution in [-0.4, -0.2) is 32.4 Å². The fraction of sp³-hybridized carbons (Fsp3) is 0.500. The van der Waals surface area contributed by atoms with E-state index in [0.29, 0.717) is 18.5 Å². The summed E-state index contributed by atoms with van der Waals surface area (Å²) in [6, 6.07) is 3.78. The quantitative estimate of drug-likeness (QED) is 0.855. The van der Waals surface area contributed by atoms with E-state index in [9.17, 15) is 12.8 Å². The van der Waals surface area contributed by atoms with E-state index in [1.807, 2.05) is 6.92 Å². The molecule has 0 atom stereocenters. The highest BCUT2D eigenvalue weighted by Gasteiger charge is 2.25. The Morgan fingerprint density at radius 3 is 2.56 bits per heavy atom. The Bertz CT molecular complexity index is 497. The van der Waals surface area contributed by atoms with Crippen LogP contribution in [0.2, 0.25) is 0 Å². The number of hydrogen-bond donors (Lipinski definition) is 1. The number of halogens is 1. The standard InChI is InChI=1S/C12H19FN2O2S/c1-3-7-15(8-6-14)18(16,17)12-9-11(13)5-4-10(12)2/h4-5,9H,3,6-8,14H2,1-2H3. The maximum Gasteiger partial charge on any atom is 0.243 e. The van der Waals surface area contributed by atoms with Gasteiger partial charge in [-0.05, 0) is 31.0 Å².